The summed E-state index contributed by atoms with van der Waals surface area (Å²) in [5.41, 5.74) is 3.46. The topological polar surface area (TPSA) is 69.9 Å². The van der Waals surface area contributed by atoms with Gasteiger partial charge in [-0.05, 0) is 75.4 Å². The second-order valence-corrected chi connectivity index (χ2v) is 11.7. The van der Waals surface area contributed by atoms with Crippen LogP contribution in [0.15, 0.2) is 117 Å². The zero-order chi connectivity index (χ0) is 29.2. The van der Waals surface area contributed by atoms with Crippen molar-refractivity contribution in [3.63, 3.8) is 0 Å². The van der Waals surface area contributed by atoms with Gasteiger partial charge in [0, 0.05) is 0 Å². The molecule has 42 heavy (non-hydrogen) atoms. The molecule has 0 unspecified atom stereocenters. The van der Waals surface area contributed by atoms with Crippen molar-refractivity contribution in [1.82, 2.24) is 4.57 Å². The van der Waals surface area contributed by atoms with E-state index in [1.807, 2.05) is 97.1 Å². The van der Waals surface area contributed by atoms with Crippen LogP contribution in [-0.2, 0) is 16.1 Å². The van der Waals surface area contributed by atoms with E-state index in [1.54, 1.807) is 18.4 Å². The molecule has 0 radical (unpaired) electrons. The number of hydrogen-bond donors (Lipinski definition) is 0. The van der Waals surface area contributed by atoms with Crippen LogP contribution in [0.2, 0.25) is 0 Å². The fourth-order valence-corrected chi connectivity index (χ4v) is 6.74. The molecule has 1 aliphatic heterocycles. The second-order valence-electron chi connectivity index (χ2n) is 9.83. The Hall–Kier alpha value is -4.27. The maximum atomic E-state index is 14.1. The molecule has 2 heterocycles. The van der Waals surface area contributed by atoms with Gasteiger partial charge in [-0.25, -0.2) is 9.79 Å². The zero-order valence-electron chi connectivity index (χ0n) is 23.0. The monoisotopic (exact) mass is 638 g/mol. The number of aromatic nitrogens is 1. The fraction of sp³-hybridized carbons (Fsp3) is 0.147. The third-order valence-electron chi connectivity index (χ3n) is 7.13. The lowest BCUT2D eigenvalue weighted by Crippen LogP contribution is -2.40. The summed E-state index contributed by atoms with van der Waals surface area (Å²) in [4.78, 5) is 32.6. The maximum Gasteiger partial charge on any atom is 0.338 e. The summed E-state index contributed by atoms with van der Waals surface area (Å²) in [5.74, 6) is 0.240. The lowest BCUT2D eigenvalue weighted by Gasteiger charge is -2.25. The van der Waals surface area contributed by atoms with Gasteiger partial charge in [-0.3, -0.25) is 9.36 Å². The van der Waals surface area contributed by atoms with Crippen LogP contribution in [-0.4, -0.2) is 17.1 Å². The van der Waals surface area contributed by atoms with Gasteiger partial charge < -0.3 is 9.47 Å². The van der Waals surface area contributed by atoms with E-state index < -0.39 is 12.0 Å². The van der Waals surface area contributed by atoms with E-state index in [9.17, 15) is 9.59 Å². The average molecular weight is 640 g/mol. The van der Waals surface area contributed by atoms with Gasteiger partial charge in [0.05, 0.1) is 32.9 Å². The van der Waals surface area contributed by atoms with Crippen LogP contribution in [0, 0.1) is 0 Å². The minimum atomic E-state index is -0.672. The molecule has 0 saturated carbocycles. The van der Waals surface area contributed by atoms with Gasteiger partial charge in [-0.15, -0.1) is 0 Å². The summed E-state index contributed by atoms with van der Waals surface area (Å²) in [6.07, 6.45) is 1.85. The van der Waals surface area contributed by atoms with Crippen molar-refractivity contribution in [1.29, 1.82) is 0 Å². The number of carbonyl (C=O) groups excluding carboxylic acids is 1. The number of allylic oxidation sites excluding steroid dienone is 1. The largest absolute Gasteiger partial charge is 0.488 e. The molecule has 0 fully saturated rings. The highest BCUT2D eigenvalue weighted by Gasteiger charge is 2.34. The van der Waals surface area contributed by atoms with E-state index in [4.69, 9.17) is 14.5 Å². The molecule has 8 heteroatoms. The summed E-state index contributed by atoms with van der Waals surface area (Å²) in [6.45, 7) is 4.24. The minimum absolute atomic E-state index is 0.216. The first-order valence-electron chi connectivity index (χ1n) is 13.6. The number of hydrogen-bond acceptors (Lipinski definition) is 6. The van der Waals surface area contributed by atoms with Crippen molar-refractivity contribution in [2.75, 3.05) is 6.61 Å². The molecule has 0 aliphatic carbocycles. The van der Waals surface area contributed by atoms with E-state index in [1.165, 1.54) is 11.3 Å². The Morgan fingerprint density at radius 3 is 2.57 bits per heavy atom. The minimum Gasteiger partial charge on any atom is -0.488 e. The molecule has 0 N–H and O–H groups in total. The molecule has 0 spiro atoms. The number of rotatable bonds is 7. The van der Waals surface area contributed by atoms with Crippen LogP contribution in [0.25, 0.3) is 16.8 Å². The number of fused-ring (bicyclic) bond motifs is 2. The molecular formula is C34H27BrN2O4S. The van der Waals surface area contributed by atoms with Crippen molar-refractivity contribution >= 4 is 50.1 Å². The van der Waals surface area contributed by atoms with Crippen LogP contribution in [0.1, 0.15) is 36.6 Å². The Balaban J connectivity index is 1.44. The zero-order valence-corrected chi connectivity index (χ0v) is 25.4. The Morgan fingerprint density at radius 2 is 1.79 bits per heavy atom. The summed E-state index contributed by atoms with van der Waals surface area (Å²) in [7, 11) is 0. The number of halogens is 1. The molecule has 0 saturated heterocycles. The summed E-state index contributed by atoms with van der Waals surface area (Å²) in [5, 5.41) is 1.99. The quantitative estimate of drug-likeness (QED) is 0.196. The van der Waals surface area contributed by atoms with Crippen LogP contribution in [0.3, 0.4) is 0 Å². The molecule has 0 bridgehead atoms. The van der Waals surface area contributed by atoms with E-state index in [0.29, 0.717) is 33.0 Å². The molecule has 1 atom stereocenters. The standard InChI is InChI=1S/C34H27BrN2O4S/c1-3-40-33(39)30-21(2)36-34-37(31(30)26-15-9-13-24-12-7-8-14-25(24)26)32(38)29(42-34)19-23-16-17-28(27(35)18-23)41-20-22-10-5-4-6-11-22/h4-19,31H,3,20H2,1-2H3/b29-19+/t31-/m1/s1. The smallest absolute Gasteiger partial charge is 0.338 e. The van der Waals surface area contributed by atoms with Gasteiger partial charge in [0.1, 0.15) is 12.4 Å². The third-order valence-corrected chi connectivity index (χ3v) is 8.73. The van der Waals surface area contributed by atoms with E-state index >= 15 is 0 Å². The fourth-order valence-electron chi connectivity index (χ4n) is 5.19. The number of benzene rings is 4. The van der Waals surface area contributed by atoms with Gasteiger partial charge >= 0.3 is 5.97 Å². The normalized spacial score (nSPS) is 14.9. The molecule has 1 aromatic heterocycles. The molecule has 5 aromatic rings. The molecule has 210 valence electrons. The predicted octanol–water partition coefficient (Wildman–Crippen LogP) is 6.29. The number of carbonyl (C=O) groups is 1. The summed E-state index contributed by atoms with van der Waals surface area (Å²) in [6, 6.07) is 28.9. The Labute approximate surface area is 255 Å². The van der Waals surface area contributed by atoms with Gasteiger partial charge in [0.15, 0.2) is 4.80 Å². The van der Waals surface area contributed by atoms with Gasteiger partial charge in [-0.1, -0.05) is 90.2 Å². The first kappa shape index (κ1) is 27.9. The highest BCUT2D eigenvalue weighted by Crippen LogP contribution is 2.35. The lowest BCUT2D eigenvalue weighted by molar-refractivity contribution is -0.139. The number of esters is 1. The summed E-state index contributed by atoms with van der Waals surface area (Å²) >= 11 is 4.92. The second kappa shape index (κ2) is 11.9. The summed E-state index contributed by atoms with van der Waals surface area (Å²) < 4.78 is 14.4. The Morgan fingerprint density at radius 1 is 1.02 bits per heavy atom. The highest BCUT2D eigenvalue weighted by molar-refractivity contribution is 9.10. The Kier molecular flexibility index (Phi) is 7.91. The molecular weight excluding hydrogens is 612 g/mol. The van der Waals surface area contributed by atoms with Gasteiger partial charge in [0.25, 0.3) is 5.56 Å². The molecule has 1 aliphatic rings. The first-order valence-corrected chi connectivity index (χ1v) is 15.2. The van der Waals surface area contributed by atoms with Crippen LogP contribution in [0.4, 0.5) is 0 Å². The maximum absolute atomic E-state index is 14.1. The lowest BCUT2D eigenvalue weighted by atomic mass is 9.91. The Bertz CT molecular complexity index is 2020. The van der Waals surface area contributed by atoms with Crippen molar-refractivity contribution in [3.05, 3.63) is 143 Å². The van der Waals surface area contributed by atoms with E-state index in [-0.39, 0.29) is 12.2 Å². The SMILES string of the molecule is CCOC(=O)C1=C(C)N=c2s/c(=C/c3ccc(OCc4ccccc4)c(Br)c3)c(=O)n2[C@@H]1c1cccc2ccccc12. The molecule has 6 nitrogen and oxygen atoms in total. The van der Waals surface area contributed by atoms with Crippen molar-refractivity contribution in [2.45, 2.75) is 26.5 Å². The van der Waals surface area contributed by atoms with Crippen molar-refractivity contribution in [3.8, 4) is 5.75 Å². The van der Waals surface area contributed by atoms with Crippen LogP contribution >= 0.6 is 27.3 Å². The molecule has 4 aromatic carbocycles. The predicted molar refractivity (Wildman–Crippen MR) is 169 cm³/mol. The average Bonchev–Trinajstić information content (AvgIpc) is 3.30. The first-order chi connectivity index (χ1) is 20.4. The number of thiazole rings is 1. The number of nitrogens with zero attached hydrogens (tertiary/aromatic N) is 2. The molecule has 6 rings (SSSR count). The van der Waals surface area contributed by atoms with Crippen molar-refractivity contribution < 1.29 is 14.3 Å². The van der Waals surface area contributed by atoms with Crippen LogP contribution < -0.4 is 19.6 Å². The van der Waals surface area contributed by atoms with Gasteiger partial charge in [-0.2, -0.15) is 0 Å². The molecule has 0 amide bonds. The van der Waals surface area contributed by atoms with E-state index in [0.717, 1.165) is 31.9 Å². The number of ether oxygens (including phenoxy) is 2. The van der Waals surface area contributed by atoms with Crippen LogP contribution in [0.5, 0.6) is 5.75 Å². The van der Waals surface area contributed by atoms with Crippen molar-refractivity contribution in [2.24, 2.45) is 4.99 Å². The van der Waals surface area contributed by atoms with Gasteiger partial charge in [0.2, 0.25) is 0 Å². The van der Waals surface area contributed by atoms with E-state index in [2.05, 4.69) is 15.9 Å². The third kappa shape index (κ3) is 5.35. The highest BCUT2D eigenvalue weighted by atomic mass is 79.9.